The Balaban J connectivity index is 1.74. The molecule has 1 atom stereocenters. The average Bonchev–Trinajstić information content (AvgIpc) is 2.60. The van der Waals surface area contributed by atoms with Crippen molar-refractivity contribution in [3.8, 4) is 17.0 Å². The summed E-state index contributed by atoms with van der Waals surface area (Å²) in [6, 6.07) is 7.52. The van der Waals surface area contributed by atoms with Gasteiger partial charge in [-0.25, -0.2) is 0 Å². The van der Waals surface area contributed by atoms with Crippen molar-refractivity contribution in [2.75, 3.05) is 31.1 Å². The zero-order valence-corrected chi connectivity index (χ0v) is 15.3. The van der Waals surface area contributed by atoms with Crippen molar-refractivity contribution < 1.29 is 14.6 Å². The number of phenols is 1. The first-order chi connectivity index (χ1) is 12.4. The lowest BCUT2D eigenvalue weighted by Gasteiger charge is -2.33. The SMILES string of the molecule is CC(=O)NC[C@@H]1CN(c2ccc(-c3c(C)cc(C)cc3O)nn2)CCO1. The van der Waals surface area contributed by atoms with Gasteiger partial charge in [0.2, 0.25) is 5.91 Å². The van der Waals surface area contributed by atoms with E-state index in [2.05, 4.69) is 20.4 Å². The second kappa shape index (κ2) is 7.70. The molecule has 1 aromatic carbocycles. The number of aromatic nitrogens is 2. The van der Waals surface area contributed by atoms with E-state index in [0.717, 1.165) is 23.5 Å². The lowest BCUT2D eigenvalue weighted by Crippen LogP contribution is -2.47. The third-order valence-corrected chi connectivity index (χ3v) is 4.41. The number of nitrogens with zero attached hydrogens (tertiary/aromatic N) is 3. The normalized spacial score (nSPS) is 17.2. The van der Waals surface area contributed by atoms with Crippen molar-refractivity contribution in [1.82, 2.24) is 15.5 Å². The van der Waals surface area contributed by atoms with Gasteiger partial charge in [-0.3, -0.25) is 4.79 Å². The Labute approximate surface area is 153 Å². The molecule has 1 aromatic heterocycles. The molecular formula is C19H24N4O3. The molecule has 0 aliphatic carbocycles. The number of ether oxygens (including phenoxy) is 1. The summed E-state index contributed by atoms with van der Waals surface area (Å²) in [5.74, 6) is 0.906. The molecule has 1 fully saturated rings. The Bertz CT molecular complexity index is 769. The first-order valence-electron chi connectivity index (χ1n) is 8.69. The lowest BCUT2D eigenvalue weighted by molar-refractivity contribution is -0.119. The highest BCUT2D eigenvalue weighted by Crippen LogP contribution is 2.32. The standard InChI is InChI=1S/C19H24N4O3/c1-12-8-13(2)19(17(25)9-12)16-4-5-18(22-21-16)23-6-7-26-15(11-23)10-20-14(3)24/h4-5,8-9,15,25H,6-7,10-11H2,1-3H3,(H,20,24)/t15-/m1/s1. The largest absolute Gasteiger partial charge is 0.507 e. The third kappa shape index (κ3) is 4.11. The molecule has 1 saturated heterocycles. The molecule has 0 radical (unpaired) electrons. The van der Waals surface area contributed by atoms with Crippen LogP contribution in [-0.2, 0) is 9.53 Å². The summed E-state index contributed by atoms with van der Waals surface area (Å²) in [4.78, 5) is 13.2. The van der Waals surface area contributed by atoms with Crippen molar-refractivity contribution in [3.05, 3.63) is 35.4 Å². The summed E-state index contributed by atoms with van der Waals surface area (Å²) < 4.78 is 5.68. The predicted molar refractivity (Wildman–Crippen MR) is 99.2 cm³/mol. The molecule has 1 aliphatic heterocycles. The fourth-order valence-electron chi connectivity index (χ4n) is 3.21. The zero-order chi connectivity index (χ0) is 18.7. The van der Waals surface area contributed by atoms with E-state index in [0.29, 0.717) is 31.0 Å². The molecule has 3 rings (SSSR count). The van der Waals surface area contributed by atoms with E-state index >= 15 is 0 Å². The number of amides is 1. The van der Waals surface area contributed by atoms with Gasteiger partial charge < -0.3 is 20.1 Å². The second-order valence-electron chi connectivity index (χ2n) is 6.63. The highest BCUT2D eigenvalue weighted by Gasteiger charge is 2.22. The monoisotopic (exact) mass is 356 g/mol. The van der Waals surface area contributed by atoms with Crippen molar-refractivity contribution in [2.45, 2.75) is 26.9 Å². The summed E-state index contributed by atoms with van der Waals surface area (Å²) in [6.07, 6.45) is -0.0717. The maximum absolute atomic E-state index is 11.1. The van der Waals surface area contributed by atoms with Gasteiger partial charge >= 0.3 is 0 Å². The van der Waals surface area contributed by atoms with Crippen LogP contribution >= 0.6 is 0 Å². The average molecular weight is 356 g/mol. The van der Waals surface area contributed by atoms with E-state index in [1.54, 1.807) is 6.07 Å². The van der Waals surface area contributed by atoms with Crippen LogP contribution < -0.4 is 10.2 Å². The van der Waals surface area contributed by atoms with Crippen LogP contribution in [0.5, 0.6) is 5.75 Å². The Kier molecular flexibility index (Phi) is 5.37. The smallest absolute Gasteiger partial charge is 0.216 e. The molecule has 0 saturated carbocycles. The van der Waals surface area contributed by atoms with Gasteiger partial charge in [0.25, 0.3) is 0 Å². The highest BCUT2D eigenvalue weighted by molar-refractivity contribution is 5.73. The number of benzene rings is 1. The summed E-state index contributed by atoms with van der Waals surface area (Å²) in [5, 5.41) is 21.7. The fourth-order valence-corrected chi connectivity index (χ4v) is 3.21. The number of hydrogen-bond acceptors (Lipinski definition) is 6. The molecule has 2 heterocycles. The van der Waals surface area contributed by atoms with Gasteiger partial charge in [0.1, 0.15) is 5.75 Å². The van der Waals surface area contributed by atoms with Crippen molar-refractivity contribution in [3.63, 3.8) is 0 Å². The van der Waals surface area contributed by atoms with Crippen LogP contribution in [0.2, 0.25) is 0 Å². The number of aromatic hydroxyl groups is 1. The van der Waals surface area contributed by atoms with Crippen LogP contribution in [-0.4, -0.2) is 53.6 Å². The van der Waals surface area contributed by atoms with Gasteiger partial charge in [-0.1, -0.05) is 6.07 Å². The number of rotatable bonds is 4. The maximum Gasteiger partial charge on any atom is 0.216 e. The van der Waals surface area contributed by atoms with E-state index < -0.39 is 0 Å². The van der Waals surface area contributed by atoms with Gasteiger partial charge in [-0.15, -0.1) is 10.2 Å². The minimum atomic E-state index is -0.0717. The molecule has 0 unspecified atom stereocenters. The van der Waals surface area contributed by atoms with E-state index in [9.17, 15) is 9.90 Å². The number of anilines is 1. The fraction of sp³-hybridized carbons (Fsp3) is 0.421. The van der Waals surface area contributed by atoms with Gasteiger partial charge in [0, 0.05) is 32.1 Å². The highest BCUT2D eigenvalue weighted by atomic mass is 16.5. The number of aryl methyl sites for hydroxylation is 2. The Hall–Kier alpha value is -2.67. The molecule has 0 spiro atoms. The van der Waals surface area contributed by atoms with Crippen LogP contribution in [0.3, 0.4) is 0 Å². The van der Waals surface area contributed by atoms with Gasteiger partial charge in [-0.05, 0) is 43.2 Å². The summed E-state index contributed by atoms with van der Waals surface area (Å²) in [7, 11) is 0. The number of carbonyl (C=O) groups excluding carboxylic acids is 1. The van der Waals surface area contributed by atoms with Crippen molar-refractivity contribution >= 4 is 11.7 Å². The van der Waals surface area contributed by atoms with Crippen LogP contribution in [0.4, 0.5) is 5.82 Å². The lowest BCUT2D eigenvalue weighted by atomic mass is 10.0. The van der Waals surface area contributed by atoms with Crippen molar-refractivity contribution in [1.29, 1.82) is 0 Å². The molecule has 7 nitrogen and oxygen atoms in total. The molecule has 2 N–H and O–H groups in total. The number of hydrogen-bond donors (Lipinski definition) is 2. The van der Waals surface area contributed by atoms with Crippen LogP contribution in [0, 0.1) is 13.8 Å². The van der Waals surface area contributed by atoms with E-state index in [1.807, 2.05) is 32.0 Å². The first kappa shape index (κ1) is 18.1. The van der Waals surface area contributed by atoms with E-state index in [-0.39, 0.29) is 17.8 Å². The Morgan fingerprint density at radius 1 is 1.35 bits per heavy atom. The van der Waals surface area contributed by atoms with E-state index in [4.69, 9.17) is 4.74 Å². The second-order valence-corrected chi connectivity index (χ2v) is 6.63. The minimum Gasteiger partial charge on any atom is -0.507 e. The van der Waals surface area contributed by atoms with Crippen LogP contribution in [0.15, 0.2) is 24.3 Å². The molecule has 1 aliphatic rings. The zero-order valence-electron chi connectivity index (χ0n) is 15.3. The Morgan fingerprint density at radius 2 is 2.15 bits per heavy atom. The molecule has 0 bridgehead atoms. The van der Waals surface area contributed by atoms with Crippen LogP contribution in [0.25, 0.3) is 11.3 Å². The van der Waals surface area contributed by atoms with Gasteiger partial charge in [-0.2, -0.15) is 0 Å². The quantitative estimate of drug-likeness (QED) is 0.869. The number of phenolic OH excluding ortho intramolecular Hbond substituents is 1. The van der Waals surface area contributed by atoms with Crippen LogP contribution in [0.1, 0.15) is 18.1 Å². The molecule has 2 aromatic rings. The molecule has 1 amide bonds. The predicted octanol–water partition coefficient (Wildman–Crippen LogP) is 1.81. The number of carbonyl (C=O) groups is 1. The Morgan fingerprint density at radius 3 is 2.81 bits per heavy atom. The molecule has 7 heteroatoms. The topological polar surface area (TPSA) is 87.6 Å². The molecule has 138 valence electrons. The summed E-state index contributed by atoms with van der Waals surface area (Å²) >= 11 is 0. The van der Waals surface area contributed by atoms with E-state index in [1.165, 1.54) is 6.92 Å². The van der Waals surface area contributed by atoms with Gasteiger partial charge in [0.15, 0.2) is 5.82 Å². The summed E-state index contributed by atoms with van der Waals surface area (Å²) in [6.45, 7) is 7.81. The van der Waals surface area contributed by atoms with Gasteiger partial charge in [0.05, 0.1) is 18.4 Å². The first-order valence-corrected chi connectivity index (χ1v) is 8.69. The third-order valence-electron chi connectivity index (χ3n) is 4.41. The minimum absolute atomic E-state index is 0.0665. The summed E-state index contributed by atoms with van der Waals surface area (Å²) in [5.41, 5.74) is 3.32. The molecule has 26 heavy (non-hydrogen) atoms. The maximum atomic E-state index is 11.1. The number of morpholine rings is 1. The number of nitrogens with one attached hydrogen (secondary N) is 1. The molecular weight excluding hydrogens is 332 g/mol. The van der Waals surface area contributed by atoms with Crippen molar-refractivity contribution in [2.24, 2.45) is 0 Å².